The predicted molar refractivity (Wildman–Crippen MR) is 50.0 cm³/mol. The smallest absolute Gasteiger partial charge is 0.247 e. The maximum atomic E-state index is 5.86. The molecule has 0 aliphatic carbocycles. The van der Waals surface area contributed by atoms with Gasteiger partial charge in [-0.2, -0.15) is 0 Å². The minimum atomic E-state index is -0.238. The average Bonchev–Trinajstić information content (AvgIpc) is 1.90. The molecule has 0 bridgehead atoms. The van der Waals surface area contributed by atoms with E-state index in [0.29, 0.717) is 17.7 Å². The fourth-order valence-corrected chi connectivity index (χ4v) is 2.55. The molecule has 0 aliphatic rings. The largest absolute Gasteiger partial charge is 0.411 e. The molecule has 0 rings (SSSR count). The normalized spacial score (nSPS) is 13.1. The van der Waals surface area contributed by atoms with E-state index in [1.807, 2.05) is 0 Å². The monoisotopic (exact) mass is 191 g/mol. The average molecular weight is 192 g/mol. The van der Waals surface area contributed by atoms with Crippen molar-refractivity contribution in [1.82, 2.24) is 0 Å². The molecule has 0 fully saturated rings. The minimum Gasteiger partial charge on any atom is -0.411 e. The van der Waals surface area contributed by atoms with E-state index in [1.165, 1.54) is 0 Å². The molecular formula is C8H16ClOSi. The summed E-state index contributed by atoms with van der Waals surface area (Å²) in [7, 11) is 3.10. The van der Waals surface area contributed by atoms with Gasteiger partial charge in [0.25, 0.3) is 0 Å². The Kier molecular flexibility index (Phi) is 4.67. The summed E-state index contributed by atoms with van der Waals surface area (Å²) in [6, 6.07) is 0. The zero-order valence-electron chi connectivity index (χ0n) is 7.65. The first-order valence-corrected chi connectivity index (χ1v) is 4.86. The molecular weight excluding hydrogens is 176 g/mol. The molecule has 0 aliphatic heterocycles. The zero-order valence-corrected chi connectivity index (χ0v) is 9.40. The molecule has 11 heavy (non-hydrogen) atoms. The fourth-order valence-electron chi connectivity index (χ4n) is 1.24. The molecule has 3 radical (unpaired) electrons. The summed E-state index contributed by atoms with van der Waals surface area (Å²) in [5, 5.41) is 0. The van der Waals surface area contributed by atoms with Crippen molar-refractivity contribution in [2.45, 2.75) is 33.3 Å². The molecule has 65 valence electrons. The standard InChI is InChI=1S/C8H16ClOSi/c1-6(2)8(5-9,10-11)7(3)4/h6-7H,5H2,1-4H3. The maximum Gasteiger partial charge on any atom is 0.247 e. The second-order valence-electron chi connectivity index (χ2n) is 3.50. The van der Waals surface area contributed by atoms with Crippen LogP contribution in [0.15, 0.2) is 0 Å². The molecule has 0 spiro atoms. The van der Waals surface area contributed by atoms with Crippen LogP contribution in [0.5, 0.6) is 0 Å². The van der Waals surface area contributed by atoms with E-state index >= 15 is 0 Å². The third-order valence-electron chi connectivity index (χ3n) is 2.35. The van der Waals surface area contributed by atoms with Gasteiger partial charge in [0, 0.05) is 0 Å². The third-order valence-corrected chi connectivity index (χ3v) is 3.15. The zero-order chi connectivity index (χ0) is 9.07. The summed E-state index contributed by atoms with van der Waals surface area (Å²) >= 11 is 5.86. The highest BCUT2D eigenvalue weighted by Gasteiger charge is 2.35. The number of rotatable bonds is 4. The third kappa shape index (κ3) is 2.20. The van der Waals surface area contributed by atoms with E-state index in [4.69, 9.17) is 16.0 Å². The second-order valence-corrected chi connectivity index (χ2v) is 3.97. The summed E-state index contributed by atoms with van der Waals surface area (Å²) in [5.74, 6) is 1.35. The maximum absolute atomic E-state index is 5.86. The molecule has 0 aromatic heterocycles. The minimum absolute atomic E-state index is 0.238. The van der Waals surface area contributed by atoms with Crippen molar-refractivity contribution >= 4 is 22.1 Å². The number of alkyl halides is 1. The van der Waals surface area contributed by atoms with Crippen LogP contribution in [0.3, 0.4) is 0 Å². The molecule has 0 saturated heterocycles. The van der Waals surface area contributed by atoms with Crippen molar-refractivity contribution in [2.24, 2.45) is 11.8 Å². The van der Waals surface area contributed by atoms with Gasteiger partial charge in [0.05, 0.1) is 11.5 Å². The Bertz CT molecular complexity index is 101. The van der Waals surface area contributed by atoms with Gasteiger partial charge in [-0.3, -0.25) is 0 Å². The van der Waals surface area contributed by atoms with E-state index < -0.39 is 0 Å². The Hall–Kier alpha value is 0.467. The Morgan fingerprint density at radius 1 is 1.27 bits per heavy atom. The van der Waals surface area contributed by atoms with Gasteiger partial charge in [-0.25, -0.2) is 0 Å². The van der Waals surface area contributed by atoms with Crippen LogP contribution in [0.25, 0.3) is 0 Å². The van der Waals surface area contributed by atoms with Crippen LogP contribution in [0, 0.1) is 11.8 Å². The van der Waals surface area contributed by atoms with E-state index in [1.54, 1.807) is 0 Å². The predicted octanol–water partition coefficient (Wildman–Crippen LogP) is 2.38. The first-order chi connectivity index (χ1) is 5.01. The van der Waals surface area contributed by atoms with Crippen molar-refractivity contribution in [3.05, 3.63) is 0 Å². The molecule has 0 amide bonds. The number of halogens is 1. The highest BCUT2D eigenvalue weighted by molar-refractivity contribution is 6.18. The lowest BCUT2D eigenvalue weighted by atomic mass is 9.82. The van der Waals surface area contributed by atoms with Gasteiger partial charge in [-0.15, -0.1) is 11.6 Å². The molecule has 0 heterocycles. The molecule has 0 saturated carbocycles. The first-order valence-electron chi connectivity index (χ1n) is 3.92. The fraction of sp³-hybridized carbons (Fsp3) is 1.00. The highest BCUT2D eigenvalue weighted by Crippen LogP contribution is 2.30. The highest BCUT2D eigenvalue weighted by atomic mass is 35.5. The van der Waals surface area contributed by atoms with Gasteiger partial charge in [-0.05, 0) is 11.8 Å². The molecule has 0 aromatic carbocycles. The van der Waals surface area contributed by atoms with E-state index in [9.17, 15) is 0 Å². The molecule has 1 nitrogen and oxygen atoms in total. The van der Waals surface area contributed by atoms with Gasteiger partial charge in [0.2, 0.25) is 10.5 Å². The lowest BCUT2D eigenvalue weighted by Crippen LogP contribution is -2.45. The number of hydrogen-bond donors (Lipinski definition) is 0. The van der Waals surface area contributed by atoms with E-state index in [0.717, 1.165) is 0 Å². The van der Waals surface area contributed by atoms with Crippen LogP contribution >= 0.6 is 11.6 Å². The lowest BCUT2D eigenvalue weighted by Gasteiger charge is -2.38. The lowest BCUT2D eigenvalue weighted by molar-refractivity contribution is 0.00771. The van der Waals surface area contributed by atoms with Gasteiger partial charge in [0.1, 0.15) is 0 Å². The molecule has 0 unspecified atom stereocenters. The van der Waals surface area contributed by atoms with Gasteiger partial charge >= 0.3 is 0 Å². The Morgan fingerprint density at radius 2 is 1.64 bits per heavy atom. The number of hydrogen-bond acceptors (Lipinski definition) is 1. The second kappa shape index (κ2) is 4.48. The summed E-state index contributed by atoms with van der Waals surface area (Å²) in [4.78, 5) is 0. The van der Waals surface area contributed by atoms with Crippen molar-refractivity contribution in [3.63, 3.8) is 0 Å². The van der Waals surface area contributed by atoms with Crippen molar-refractivity contribution in [2.75, 3.05) is 5.88 Å². The summed E-state index contributed by atoms with van der Waals surface area (Å²) < 4.78 is 5.28. The first kappa shape index (κ1) is 11.5. The van der Waals surface area contributed by atoms with Gasteiger partial charge in [0.15, 0.2) is 0 Å². The van der Waals surface area contributed by atoms with Crippen LogP contribution in [0.1, 0.15) is 27.7 Å². The molecule has 0 atom stereocenters. The van der Waals surface area contributed by atoms with Crippen LogP contribution in [-0.4, -0.2) is 22.0 Å². The summed E-state index contributed by atoms with van der Waals surface area (Å²) in [5.41, 5.74) is -0.238. The van der Waals surface area contributed by atoms with Crippen molar-refractivity contribution < 1.29 is 4.43 Å². The summed E-state index contributed by atoms with van der Waals surface area (Å²) in [6.45, 7) is 8.45. The van der Waals surface area contributed by atoms with E-state index in [-0.39, 0.29) is 5.60 Å². The van der Waals surface area contributed by atoms with Crippen LogP contribution in [-0.2, 0) is 4.43 Å². The Morgan fingerprint density at radius 3 is 1.64 bits per heavy atom. The van der Waals surface area contributed by atoms with Crippen molar-refractivity contribution in [1.29, 1.82) is 0 Å². The molecule has 0 aromatic rings. The molecule has 0 N–H and O–H groups in total. The van der Waals surface area contributed by atoms with Crippen LogP contribution < -0.4 is 0 Å². The Labute approximate surface area is 78.0 Å². The summed E-state index contributed by atoms with van der Waals surface area (Å²) in [6.07, 6.45) is 0. The topological polar surface area (TPSA) is 9.23 Å². The van der Waals surface area contributed by atoms with Crippen LogP contribution in [0.2, 0.25) is 0 Å². The molecule has 3 heteroatoms. The quantitative estimate of drug-likeness (QED) is 0.490. The van der Waals surface area contributed by atoms with Gasteiger partial charge < -0.3 is 4.43 Å². The van der Waals surface area contributed by atoms with E-state index in [2.05, 4.69) is 38.2 Å². The SMILES string of the molecule is CC(C)C(CCl)(O[Si])C(C)C. The Balaban J connectivity index is 4.46. The van der Waals surface area contributed by atoms with Crippen LogP contribution in [0.4, 0.5) is 0 Å². The van der Waals surface area contributed by atoms with Crippen molar-refractivity contribution in [3.8, 4) is 0 Å². The van der Waals surface area contributed by atoms with Gasteiger partial charge in [-0.1, -0.05) is 27.7 Å².